The number of nitrogens with zero attached hydrogens (tertiary/aromatic N) is 2. The smallest absolute Gasteiger partial charge is 0.261 e. The van der Waals surface area contributed by atoms with Gasteiger partial charge >= 0.3 is 0 Å². The number of hydrogen-bond donors (Lipinski definition) is 2. The number of H-pyrrole nitrogens is 1. The Bertz CT molecular complexity index is 1020. The second kappa shape index (κ2) is 8.25. The van der Waals surface area contributed by atoms with Crippen LogP contribution in [0.15, 0.2) is 53.5 Å². The van der Waals surface area contributed by atoms with Crippen molar-refractivity contribution >= 4 is 22.6 Å². The Balaban J connectivity index is 1.42. The van der Waals surface area contributed by atoms with Gasteiger partial charge in [-0.1, -0.05) is 37.1 Å². The van der Waals surface area contributed by atoms with Gasteiger partial charge in [0.1, 0.15) is 11.4 Å². The number of para-hydroxylation sites is 1. The monoisotopic (exact) mass is 376 g/mol. The average molecular weight is 376 g/mol. The molecule has 0 unspecified atom stereocenters. The van der Waals surface area contributed by atoms with Crippen LogP contribution in [0.4, 0.5) is 5.82 Å². The van der Waals surface area contributed by atoms with E-state index in [9.17, 15) is 9.59 Å². The van der Waals surface area contributed by atoms with Crippen molar-refractivity contribution in [3.63, 3.8) is 0 Å². The lowest BCUT2D eigenvalue weighted by Gasteiger charge is -2.21. The molecule has 1 aromatic carbocycles. The molecule has 6 heteroatoms. The quantitative estimate of drug-likeness (QED) is 0.733. The highest BCUT2D eigenvalue weighted by atomic mass is 16.2. The van der Waals surface area contributed by atoms with Crippen molar-refractivity contribution in [1.82, 2.24) is 15.3 Å². The van der Waals surface area contributed by atoms with Gasteiger partial charge in [-0.2, -0.15) is 0 Å². The summed E-state index contributed by atoms with van der Waals surface area (Å²) in [7, 11) is 0. The van der Waals surface area contributed by atoms with E-state index in [1.54, 1.807) is 12.3 Å². The Hall–Kier alpha value is -3.15. The maximum atomic E-state index is 12.5. The molecule has 0 atom stereocenters. The summed E-state index contributed by atoms with van der Waals surface area (Å²) in [6.45, 7) is 2.43. The maximum Gasteiger partial charge on any atom is 0.261 e. The third-order valence-electron chi connectivity index (χ3n) is 5.19. The van der Waals surface area contributed by atoms with Gasteiger partial charge in [0.05, 0.1) is 0 Å². The van der Waals surface area contributed by atoms with Crippen LogP contribution < -0.4 is 15.8 Å². The topological polar surface area (TPSA) is 78.1 Å². The van der Waals surface area contributed by atoms with Crippen LogP contribution in [0.3, 0.4) is 0 Å². The summed E-state index contributed by atoms with van der Waals surface area (Å²) in [4.78, 5) is 34.3. The van der Waals surface area contributed by atoms with Crippen molar-refractivity contribution in [3.05, 3.63) is 70.1 Å². The Kier molecular flexibility index (Phi) is 5.37. The molecule has 2 aromatic heterocycles. The van der Waals surface area contributed by atoms with Crippen molar-refractivity contribution in [1.29, 1.82) is 0 Å². The predicted octanol–water partition coefficient (Wildman–Crippen LogP) is 3.23. The van der Waals surface area contributed by atoms with Gasteiger partial charge in [0.2, 0.25) is 0 Å². The molecule has 0 aliphatic carbocycles. The zero-order valence-electron chi connectivity index (χ0n) is 15.8. The molecular formula is C22H24N4O2. The first-order chi connectivity index (χ1) is 13.7. The Labute approximate surface area is 163 Å². The molecule has 1 saturated heterocycles. The lowest BCUT2D eigenvalue weighted by molar-refractivity contribution is 0.0949. The summed E-state index contributed by atoms with van der Waals surface area (Å²) in [6.07, 6.45) is 6.79. The van der Waals surface area contributed by atoms with Gasteiger partial charge < -0.3 is 15.2 Å². The van der Waals surface area contributed by atoms with Crippen molar-refractivity contribution in [2.45, 2.75) is 32.2 Å². The summed E-state index contributed by atoms with van der Waals surface area (Å²) in [5, 5.41) is 3.65. The second-order valence-electron chi connectivity index (χ2n) is 7.21. The summed E-state index contributed by atoms with van der Waals surface area (Å²) in [6, 6.07) is 13.0. The molecule has 1 amide bonds. The molecule has 1 fully saturated rings. The standard InChI is InChI=1S/C22H24N4O2/c27-21(18-13-17-7-3-4-8-19(17)25-22(18)28)24-15-16-9-10-20(23-14-16)26-11-5-1-2-6-12-26/h3-4,7-10,13-14H,1-2,5-6,11-12,15H2,(H,24,27)(H,25,28). The third-order valence-corrected chi connectivity index (χ3v) is 5.19. The molecule has 3 aromatic rings. The SMILES string of the molecule is O=C(NCc1ccc(N2CCCCCC2)nc1)c1cc2ccccc2[nH]c1=O. The number of carbonyl (C=O) groups excluding carboxylic acids is 1. The molecule has 144 valence electrons. The Morgan fingerprint density at radius 1 is 1.07 bits per heavy atom. The largest absolute Gasteiger partial charge is 0.357 e. The van der Waals surface area contributed by atoms with E-state index in [-0.39, 0.29) is 17.0 Å². The van der Waals surface area contributed by atoms with Crippen LogP contribution in [0.2, 0.25) is 0 Å². The van der Waals surface area contributed by atoms with Crippen LogP contribution in [0.1, 0.15) is 41.6 Å². The third kappa shape index (κ3) is 4.06. The van der Waals surface area contributed by atoms with Gasteiger partial charge in [0, 0.05) is 31.3 Å². The van der Waals surface area contributed by atoms with E-state index < -0.39 is 0 Å². The lowest BCUT2D eigenvalue weighted by Crippen LogP contribution is -2.29. The second-order valence-corrected chi connectivity index (χ2v) is 7.21. The van der Waals surface area contributed by atoms with Crippen molar-refractivity contribution < 1.29 is 4.79 Å². The zero-order valence-corrected chi connectivity index (χ0v) is 15.8. The number of carbonyl (C=O) groups is 1. The van der Waals surface area contributed by atoms with Crippen LogP contribution in [-0.2, 0) is 6.54 Å². The van der Waals surface area contributed by atoms with Gasteiger partial charge in [-0.25, -0.2) is 4.98 Å². The van der Waals surface area contributed by atoms with Crippen molar-refractivity contribution in [2.75, 3.05) is 18.0 Å². The summed E-state index contributed by atoms with van der Waals surface area (Å²) < 4.78 is 0. The summed E-state index contributed by atoms with van der Waals surface area (Å²) in [5.74, 6) is 0.603. The van der Waals surface area contributed by atoms with Crippen LogP contribution in [-0.4, -0.2) is 29.0 Å². The molecule has 4 rings (SSSR count). The minimum atomic E-state index is -0.386. The van der Waals surface area contributed by atoms with E-state index in [2.05, 4.69) is 20.2 Å². The minimum Gasteiger partial charge on any atom is -0.357 e. The fraction of sp³-hybridized carbons (Fsp3) is 0.318. The average Bonchev–Trinajstić information content (AvgIpc) is 3.01. The molecule has 1 aliphatic rings. The summed E-state index contributed by atoms with van der Waals surface area (Å²) >= 11 is 0. The fourth-order valence-electron chi connectivity index (χ4n) is 3.60. The number of aromatic nitrogens is 2. The van der Waals surface area contributed by atoms with E-state index in [0.717, 1.165) is 35.4 Å². The molecule has 0 bridgehead atoms. The fourth-order valence-corrected chi connectivity index (χ4v) is 3.60. The molecule has 28 heavy (non-hydrogen) atoms. The molecule has 0 saturated carbocycles. The molecule has 0 radical (unpaired) electrons. The number of nitrogens with one attached hydrogen (secondary N) is 2. The summed E-state index contributed by atoms with van der Waals surface area (Å²) in [5.41, 5.74) is 1.36. The first kappa shape index (κ1) is 18.2. The Morgan fingerprint density at radius 2 is 1.86 bits per heavy atom. The number of fused-ring (bicyclic) bond motifs is 1. The predicted molar refractivity (Wildman–Crippen MR) is 111 cm³/mol. The van der Waals surface area contributed by atoms with Crippen molar-refractivity contribution in [2.24, 2.45) is 0 Å². The zero-order chi connectivity index (χ0) is 19.3. The molecule has 3 heterocycles. The molecule has 0 spiro atoms. The highest BCUT2D eigenvalue weighted by Gasteiger charge is 2.13. The van der Waals surface area contributed by atoms with Crippen LogP contribution >= 0.6 is 0 Å². The molecular weight excluding hydrogens is 352 g/mol. The molecule has 2 N–H and O–H groups in total. The number of rotatable bonds is 4. The van der Waals surface area contributed by atoms with Gasteiger partial charge in [-0.3, -0.25) is 9.59 Å². The van der Waals surface area contributed by atoms with E-state index in [0.29, 0.717) is 6.54 Å². The number of amides is 1. The minimum absolute atomic E-state index is 0.118. The van der Waals surface area contributed by atoms with E-state index in [4.69, 9.17) is 0 Å². The number of anilines is 1. The van der Waals surface area contributed by atoms with Gasteiger partial charge in [0.25, 0.3) is 11.5 Å². The van der Waals surface area contributed by atoms with Crippen LogP contribution in [0.25, 0.3) is 10.9 Å². The highest BCUT2D eigenvalue weighted by Crippen LogP contribution is 2.17. The van der Waals surface area contributed by atoms with Crippen LogP contribution in [0, 0.1) is 0 Å². The number of pyridine rings is 2. The van der Waals surface area contributed by atoms with E-state index >= 15 is 0 Å². The van der Waals surface area contributed by atoms with Crippen LogP contribution in [0.5, 0.6) is 0 Å². The van der Waals surface area contributed by atoms with Gasteiger partial charge in [-0.05, 0) is 42.0 Å². The first-order valence-corrected chi connectivity index (χ1v) is 9.81. The normalized spacial score (nSPS) is 14.6. The lowest BCUT2D eigenvalue weighted by atomic mass is 10.1. The number of aromatic amines is 1. The Morgan fingerprint density at radius 3 is 2.61 bits per heavy atom. The highest BCUT2D eigenvalue weighted by molar-refractivity contribution is 5.97. The number of benzene rings is 1. The maximum absolute atomic E-state index is 12.5. The molecule has 1 aliphatic heterocycles. The number of hydrogen-bond acceptors (Lipinski definition) is 4. The molecule has 6 nitrogen and oxygen atoms in total. The van der Waals surface area contributed by atoms with E-state index in [1.807, 2.05) is 36.4 Å². The van der Waals surface area contributed by atoms with Gasteiger partial charge in [-0.15, -0.1) is 0 Å². The van der Waals surface area contributed by atoms with Gasteiger partial charge in [0.15, 0.2) is 0 Å². The van der Waals surface area contributed by atoms with Crippen molar-refractivity contribution in [3.8, 4) is 0 Å². The first-order valence-electron chi connectivity index (χ1n) is 9.81. The van der Waals surface area contributed by atoms with E-state index in [1.165, 1.54) is 25.7 Å².